The molecule has 0 spiro atoms. The minimum atomic E-state index is -0.125. The summed E-state index contributed by atoms with van der Waals surface area (Å²) in [7, 11) is 5.90. The maximum Gasteiger partial charge on any atom is 0.177 e. The van der Waals surface area contributed by atoms with E-state index in [-0.39, 0.29) is 17.3 Å². The molecule has 3 rings (SSSR count). The van der Waals surface area contributed by atoms with Crippen LogP contribution in [0.4, 0.5) is 5.69 Å². The van der Waals surface area contributed by atoms with E-state index in [1.165, 1.54) is 16.2 Å². The zero-order valence-corrected chi connectivity index (χ0v) is 18.5. The van der Waals surface area contributed by atoms with Gasteiger partial charge in [-0.25, -0.2) is 0 Å². The Balaban J connectivity index is 1.98. The zero-order valence-electron chi connectivity index (χ0n) is 17.7. The molecule has 0 aromatic heterocycles. The van der Waals surface area contributed by atoms with Crippen LogP contribution in [0.2, 0.25) is 0 Å². The monoisotopic (exact) mass is 413 g/mol. The quantitative estimate of drug-likeness (QED) is 0.556. The molecule has 0 radical (unpaired) electrons. The van der Waals surface area contributed by atoms with Gasteiger partial charge in [0.05, 0.1) is 30.4 Å². The molecular formula is C23H31N3O2S. The van der Waals surface area contributed by atoms with Gasteiger partial charge in [0.2, 0.25) is 0 Å². The molecule has 1 aromatic carbocycles. The molecule has 1 aliphatic heterocycles. The number of hydrogen-bond acceptors (Lipinski definition) is 6. The maximum atomic E-state index is 7.98. The van der Waals surface area contributed by atoms with E-state index in [1.807, 2.05) is 17.8 Å². The number of nitrogens with one attached hydrogen (secondary N) is 1. The standard InChI is InChI=1S/C23H31N3O2S/c1-17(24)28-21-16-26(15-14-25(2)3)20-10-5-6-11-22(20)29-23(21)18-8-7-9-19(27-4)13-12-18/h5-8,10-13,21,23-24H,9,14-16H2,1-4H3/t21-,23-/m0/s1. The highest BCUT2D eigenvalue weighted by atomic mass is 32.2. The highest BCUT2D eigenvalue weighted by Crippen LogP contribution is 2.41. The molecule has 1 heterocycles. The second kappa shape index (κ2) is 10.0. The fraction of sp³-hybridized carbons (Fsp3) is 0.435. The smallest absolute Gasteiger partial charge is 0.177 e. The Morgan fingerprint density at radius 2 is 2.07 bits per heavy atom. The Labute approximate surface area is 178 Å². The van der Waals surface area contributed by atoms with Crippen molar-refractivity contribution in [3.8, 4) is 0 Å². The minimum Gasteiger partial charge on any atom is -0.501 e. The molecule has 1 N–H and O–H groups in total. The van der Waals surface area contributed by atoms with Crippen LogP contribution >= 0.6 is 11.8 Å². The van der Waals surface area contributed by atoms with Crippen molar-refractivity contribution < 1.29 is 9.47 Å². The van der Waals surface area contributed by atoms with Crippen LogP contribution < -0.4 is 4.90 Å². The summed E-state index contributed by atoms with van der Waals surface area (Å²) in [6, 6.07) is 8.57. The van der Waals surface area contributed by atoms with Gasteiger partial charge in [-0.15, -0.1) is 11.8 Å². The van der Waals surface area contributed by atoms with E-state index in [1.54, 1.807) is 14.0 Å². The van der Waals surface area contributed by atoms with Crippen molar-refractivity contribution in [2.24, 2.45) is 0 Å². The third-order valence-corrected chi connectivity index (χ3v) is 6.45. The number of allylic oxidation sites excluding steroid dienone is 4. The van der Waals surface area contributed by atoms with Crippen LogP contribution in [-0.4, -0.2) is 63.0 Å². The number of thioether (sulfide) groups is 1. The van der Waals surface area contributed by atoms with Gasteiger partial charge in [0, 0.05) is 31.3 Å². The number of anilines is 1. The Kier molecular flexibility index (Phi) is 7.45. The summed E-state index contributed by atoms with van der Waals surface area (Å²) in [5, 5.41) is 8.07. The van der Waals surface area contributed by atoms with Crippen LogP contribution in [0.15, 0.2) is 64.8 Å². The second-order valence-corrected chi connectivity index (χ2v) is 8.76. The molecule has 0 saturated heterocycles. The maximum absolute atomic E-state index is 7.98. The molecule has 1 aromatic rings. The third-order valence-electron chi connectivity index (χ3n) is 5.02. The van der Waals surface area contributed by atoms with E-state index in [4.69, 9.17) is 14.9 Å². The molecule has 0 unspecified atom stereocenters. The first-order valence-corrected chi connectivity index (χ1v) is 10.8. The molecule has 0 amide bonds. The highest BCUT2D eigenvalue weighted by molar-refractivity contribution is 8.00. The van der Waals surface area contributed by atoms with Crippen molar-refractivity contribution in [3.63, 3.8) is 0 Å². The van der Waals surface area contributed by atoms with Gasteiger partial charge in [0.25, 0.3) is 0 Å². The first kappa shape index (κ1) is 21.5. The molecule has 0 fully saturated rings. The first-order valence-electron chi connectivity index (χ1n) is 9.96. The van der Waals surface area contributed by atoms with Crippen molar-refractivity contribution in [2.45, 2.75) is 29.6 Å². The van der Waals surface area contributed by atoms with Gasteiger partial charge >= 0.3 is 0 Å². The zero-order chi connectivity index (χ0) is 20.8. The molecule has 5 nitrogen and oxygen atoms in total. The number of ether oxygens (including phenoxy) is 2. The number of nitrogens with zero attached hydrogens (tertiary/aromatic N) is 2. The van der Waals surface area contributed by atoms with Crippen molar-refractivity contribution in [3.05, 3.63) is 59.9 Å². The molecule has 29 heavy (non-hydrogen) atoms. The Hall–Kier alpha value is -2.18. The molecule has 0 bridgehead atoms. The lowest BCUT2D eigenvalue weighted by atomic mass is 10.1. The van der Waals surface area contributed by atoms with Crippen molar-refractivity contribution in [1.82, 2.24) is 4.90 Å². The van der Waals surface area contributed by atoms with Gasteiger partial charge in [-0.1, -0.05) is 30.4 Å². The van der Waals surface area contributed by atoms with Crippen LogP contribution in [0.3, 0.4) is 0 Å². The lowest BCUT2D eigenvalue weighted by molar-refractivity contribution is 0.195. The van der Waals surface area contributed by atoms with E-state index in [0.717, 1.165) is 31.8 Å². The van der Waals surface area contributed by atoms with Crippen LogP contribution in [0.1, 0.15) is 13.3 Å². The highest BCUT2D eigenvalue weighted by Gasteiger charge is 2.34. The molecule has 6 heteroatoms. The number of methoxy groups -OCH3 is 1. The summed E-state index contributed by atoms with van der Waals surface area (Å²) in [6.07, 6.45) is 9.16. The summed E-state index contributed by atoms with van der Waals surface area (Å²) in [5.41, 5.74) is 2.43. The summed E-state index contributed by atoms with van der Waals surface area (Å²) in [6.45, 7) is 4.33. The number of para-hydroxylation sites is 1. The molecule has 2 atom stereocenters. The minimum absolute atomic E-state index is 0.0875. The molecule has 156 valence electrons. The predicted octanol–water partition coefficient (Wildman–Crippen LogP) is 4.33. The predicted molar refractivity (Wildman–Crippen MR) is 122 cm³/mol. The number of likely N-dealkylation sites (N-methyl/N-ethyl adjacent to an activating group) is 1. The SMILES string of the molecule is COC1=CC=C([C@@H]2Sc3ccccc3N(CCN(C)C)C[C@@H]2OC(C)=N)C=CC1. The normalized spacial score (nSPS) is 21.6. The van der Waals surface area contributed by atoms with E-state index in [2.05, 4.69) is 66.4 Å². The van der Waals surface area contributed by atoms with E-state index in [0.29, 0.717) is 0 Å². The summed E-state index contributed by atoms with van der Waals surface area (Å²) < 4.78 is 11.5. The van der Waals surface area contributed by atoms with Gasteiger partial charge in [-0.3, -0.25) is 5.41 Å². The number of rotatable bonds is 6. The lowest BCUT2D eigenvalue weighted by Gasteiger charge is -2.31. The van der Waals surface area contributed by atoms with Gasteiger partial charge in [-0.2, -0.15) is 0 Å². The summed E-state index contributed by atoms with van der Waals surface area (Å²) in [4.78, 5) is 5.84. The summed E-state index contributed by atoms with van der Waals surface area (Å²) in [5.74, 6) is 1.20. The van der Waals surface area contributed by atoms with Gasteiger partial charge in [0.15, 0.2) is 5.90 Å². The van der Waals surface area contributed by atoms with Gasteiger partial charge in [-0.05, 0) is 37.9 Å². The topological polar surface area (TPSA) is 48.8 Å². The Morgan fingerprint density at radius 1 is 1.28 bits per heavy atom. The average molecular weight is 414 g/mol. The number of benzene rings is 1. The van der Waals surface area contributed by atoms with Crippen molar-refractivity contribution in [1.29, 1.82) is 5.41 Å². The van der Waals surface area contributed by atoms with Crippen LogP contribution in [0, 0.1) is 5.41 Å². The molecular weight excluding hydrogens is 382 g/mol. The lowest BCUT2D eigenvalue weighted by Crippen LogP contribution is -2.42. The number of fused-ring (bicyclic) bond motifs is 1. The van der Waals surface area contributed by atoms with Crippen molar-refractivity contribution >= 4 is 23.3 Å². The fourth-order valence-electron chi connectivity index (χ4n) is 3.55. The van der Waals surface area contributed by atoms with Crippen LogP contribution in [0.5, 0.6) is 0 Å². The molecule has 1 aliphatic carbocycles. The average Bonchev–Trinajstić information content (AvgIpc) is 3.01. The molecule has 2 aliphatic rings. The van der Waals surface area contributed by atoms with E-state index in [9.17, 15) is 0 Å². The van der Waals surface area contributed by atoms with Crippen LogP contribution in [-0.2, 0) is 9.47 Å². The van der Waals surface area contributed by atoms with Gasteiger partial charge < -0.3 is 19.3 Å². The van der Waals surface area contributed by atoms with Gasteiger partial charge in [0.1, 0.15) is 6.10 Å². The van der Waals surface area contributed by atoms with Crippen molar-refractivity contribution in [2.75, 3.05) is 45.7 Å². The third kappa shape index (κ3) is 5.67. The van der Waals surface area contributed by atoms with Crippen LogP contribution in [0.25, 0.3) is 0 Å². The second-order valence-electron chi connectivity index (χ2n) is 7.58. The fourth-order valence-corrected chi connectivity index (χ4v) is 4.88. The Bertz CT molecular complexity index is 816. The first-order chi connectivity index (χ1) is 14.0. The van der Waals surface area contributed by atoms with E-state index >= 15 is 0 Å². The summed E-state index contributed by atoms with van der Waals surface area (Å²) >= 11 is 1.82. The number of hydrogen-bond donors (Lipinski definition) is 1. The largest absolute Gasteiger partial charge is 0.501 e. The Morgan fingerprint density at radius 3 is 2.79 bits per heavy atom. The molecule has 0 saturated carbocycles. The van der Waals surface area contributed by atoms with E-state index < -0.39 is 0 Å².